The first-order chi connectivity index (χ1) is 25.5. The monoisotopic (exact) mass is 750 g/mol. The highest BCUT2D eigenvalue weighted by molar-refractivity contribution is 7.16. The van der Waals surface area contributed by atoms with Gasteiger partial charge in [0.25, 0.3) is 0 Å². The van der Waals surface area contributed by atoms with Crippen LogP contribution in [0.5, 0.6) is 0 Å². The summed E-state index contributed by atoms with van der Waals surface area (Å²) in [5.41, 5.74) is 12.6. The summed E-state index contributed by atoms with van der Waals surface area (Å²) < 4.78 is 0. The first-order valence-corrected chi connectivity index (χ1v) is 21.3. The molecule has 7 aromatic heterocycles. The summed E-state index contributed by atoms with van der Waals surface area (Å²) in [5, 5.41) is 0. The number of aromatic amines is 2. The third kappa shape index (κ3) is 5.88. The molecule has 8 bridgehead atoms. The third-order valence-electron chi connectivity index (χ3n) is 9.78. The van der Waals surface area contributed by atoms with Gasteiger partial charge < -0.3 is 9.97 Å². The maximum atomic E-state index is 5.46. The second-order valence-corrected chi connectivity index (χ2v) is 17.7. The second kappa shape index (κ2) is 13.7. The summed E-state index contributed by atoms with van der Waals surface area (Å²) in [5.74, 6) is 0. The van der Waals surface area contributed by atoms with Crippen molar-refractivity contribution in [2.45, 2.75) is 53.4 Å². The Morgan fingerprint density at radius 2 is 0.615 bits per heavy atom. The van der Waals surface area contributed by atoms with Gasteiger partial charge in [0.1, 0.15) is 0 Å². The Kier molecular flexibility index (Phi) is 8.79. The second-order valence-electron chi connectivity index (χ2n) is 13.0. The molecule has 0 spiro atoms. The van der Waals surface area contributed by atoms with Crippen LogP contribution in [0, 0.1) is 0 Å². The number of nitrogens with zero attached hydrogens (tertiary/aromatic N) is 2. The third-order valence-corrected chi connectivity index (χ3v) is 14.8. The average molecular weight is 751 g/mol. The number of hydrogen-bond donors (Lipinski definition) is 2. The zero-order valence-electron chi connectivity index (χ0n) is 29.6. The molecule has 0 fully saturated rings. The highest BCUT2D eigenvalue weighted by Crippen LogP contribution is 2.42. The fraction of sp³-hybridized carbons (Fsp3) is 0.182. The van der Waals surface area contributed by atoms with Gasteiger partial charge in [0.2, 0.25) is 0 Å². The SMILES string of the molecule is CCc1ccc(-c2c3nc(c(-c4ccc(CC)s4)c4ccc([nH]4)c(-c4ccc(CC)s4)c4nc(c(-c5ccc(CC)s5)c5ccc2[nH]5)C=C4)C=C3)s1. The summed E-state index contributed by atoms with van der Waals surface area (Å²) in [6, 6.07) is 27.0. The van der Waals surface area contributed by atoms with Gasteiger partial charge in [0.05, 0.1) is 22.8 Å². The molecule has 8 heteroatoms. The first kappa shape index (κ1) is 33.3. The van der Waals surface area contributed by atoms with Gasteiger partial charge in [-0.3, -0.25) is 0 Å². The Morgan fingerprint density at radius 1 is 0.365 bits per heavy atom. The van der Waals surface area contributed by atoms with E-state index < -0.39 is 0 Å². The summed E-state index contributed by atoms with van der Waals surface area (Å²) >= 11 is 7.40. The van der Waals surface area contributed by atoms with Crippen molar-refractivity contribution in [3.05, 3.63) is 115 Å². The maximum absolute atomic E-state index is 5.46. The van der Waals surface area contributed by atoms with Crippen LogP contribution in [-0.4, -0.2) is 19.9 Å². The Bertz CT molecular complexity index is 2340. The Labute approximate surface area is 320 Å². The Hall–Kier alpha value is -4.60. The van der Waals surface area contributed by atoms with E-state index in [-0.39, 0.29) is 0 Å². The molecule has 258 valence electrons. The number of rotatable bonds is 8. The van der Waals surface area contributed by atoms with E-state index >= 15 is 0 Å². The predicted molar refractivity (Wildman–Crippen MR) is 230 cm³/mol. The van der Waals surface area contributed by atoms with Gasteiger partial charge in [-0.25, -0.2) is 9.97 Å². The molecule has 0 saturated heterocycles. The van der Waals surface area contributed by atoms with Crippen molar-refractivity contribution in [1.82, 2.24) is 19.9 Å². The van der Waals surface area contributed by atoms with E-state index in [1.807, 2.05) is 45.3 Å². The molecule has 0 amide bonds. The van der Waals surface area contributed by atoms with Crippen molar-refractivity contribution in [3.63, 3.8) is 0 Å². The molecule has 0 unspecified atom stereocenters. The molecule has 9 heterocycles. The molecule has 0 radical (unpaired) electrons. The van der Waals surface area contributed by atoms with Gasteiger partial charge in [-0.1, -0.05) is 27.7 Å². The van der Waals surface area contributed by atoms with Gasteiger partial charge in [0.15, 0.2) is 0 Å². The lowest BCUT2D eigenvalue weighted by molar-refractivity contribution is 1.19. The molecule has 0 aliphatic carbocycles. The van der Waals surface area contributed by atoms with Crippen LogP contribution in [0.1, 0.15) is 70.0 Å². The first-order valence-electron chi connectivity index (χ1n) is 18.1. The normalized spacial score (nSPS) is 12.4. The van der Waals surface area contributed by atoms with E-state index in [0.29, 0.717) is 0 Å². The summed E-state index contributed by atoms with van der Waals surface area (Å²) in [6.07, 6.45) is 12.8. The van der Waals surface area contributed by atoms with Crippen molar-refractivity contribution in [1.29, 1.82) is 0 Å². The van der Waals surface area contributed by atoms with Gasteiger partial charge >= 0.3 is 0 Å². The Balaban J connectivity index is 1.45. The average Bonchev–Trinajstić information content (AvgIpc) is 4.02. The number of aryl methyl sites for hydroxylation is 4. The molecule has 2 aliphatic heterocycles. The number of aromatic nitrogens is 4. The van der Waals surface area contributed by atoms with E-state index in [9.17, 15) is 0 Å². The van der Waals surface area contributed by atoms with Crippen molar-refractivity contribution in [2.75, 3.05) is 0 Å². The van der Waals surface area contributed by atoms with E-state index in [2.05, 4.69) is 135 Å². The highest BCUT2D eigenvalue weighted by atomic mass is 32.1. The van der Waals surface area contributed by atoms with Crippen LogP contribution < -0.4 is 0 Å². The van der Waals surface area contributed by atoms with Crippen LogP contribution >= 0.6 is 45.3 Å². The molecular formula is C44H38N4S4. The number of thiophene rings is 4. The van der Waals surface area contributed by atoms with Crippen LogP contribution in [0.25, 0.3) is 88.1 Å². The Morgan fingerprint density at radius 3 is 0.827 bits per heavy atom. The van der Waals surface area contributed by atoms with Gasteiger partial charge in [-0.05, 0) is 123 Å². The fourth-order valence-corrected chi connectivity index (χ4v) is 11.1. The minimum atomic E-state index is 0.967. The largest absolute Gasteiger partial charge is 0.354 e. The number of nitrogens with one attached hydrogen (secondary N) is 2. The number of hydrogen-bond acceptors (Lipinski definition) is 6. The predicted octanol–water partition coefficient (Wildman–Crippen LogP) is 13.8. The minimum absolute atomic E-state index is 0.967. The van der Waals surface area contributed by atoms with Crippen LogP contribution in [0.15, 0.2) is 72.8 Å². The van der Waals surface area contributed by atoms with Gasteiger partial charge in [-0.15, -0.1) is 45.3 Å². The molecular weight excluding hydrogens is 713 g/mol. The summed E-state index contributed by atoms with van der Waals surface area (Å²) in [7, 11) is 0. The minimum Gasteiger partial charge on any atom is -0.354 e. The van der Waals surface area contributed by atoms with Crippen molar-refractivity contribution < 1.29 is 0 Å². The molecule has 0 aromatic carbocycles. The smallest absolute Gasteiger partial charge is 0.0745 e. The lowest BCUT2D eigenvalue weighted by atomic mass is 10.1. The van der Waals surface area contributed by atoms with Crippen LogP contribution in [-0.2, 0) is 25.7 Å². The molecule has 2 aliphatic rings. The van der Waals surface area contributed by atoms with Gasteiger partial charge in [-0.2, -0.15) is 0 Å². The number of fused-ring (bicyclic) bond motifs is 8. The molecule has 4 nitrogen and oxygen atoms in total. The zero-order chi connectivity index (χ0) is 35.3. The van der Waals surface area contributed by atoms with Crippen molar-refractivity contribution >= 4 is 91.7 Å². The molecule has 0 saturated carbocycles. The van der Waals surface area contributed by atoms with Gasteiger partial charge in [0, 0.05) is 83.3 Å². The van der Waals surface area contributed by atoms with E-state index in [0.717, 1.165) is 92.8 Å². The quantitative estimate of drug-likeness (QED) is 0.162. The number of H-pyrrole nitrogens is 2. The highest BCUT2D eigenvalue weighted by Gasteiger charge is 2.21. The topological polar surface area (TPSA) is 57.4 Å². The molecule has 7 aromatic rings. The summed E-state index contributed by atoms with van der Waals surface area (Å²) in [6.45, 7) is 8.89. The standard InChI is InChI=1S/C44H38N4S4/c1-5-25-9-21-37(49-25)41-29-13-15-31(45-29)42(38-22-10-26(6-2)50-38)33-17-19-35(47-33)44(40-24-12-28(8-4)52-40)36-20-18-34(48-36)43(32-16-14-30(41)46-32)39-23-11-27(7-3)51-39/h9-24,45,48H,5-8H2,1-4H3. The lowest BCUT2D eigenvalue weighted by Crippen LogP contribution is -1.87. The van der Waals surface area contributed by atoms with Crippen molar-refractivity contribution in [3.8, 4) is 41.8 Å². The fourth-order valence-electron chi connectivity index (χ4n) is 7.05. The molecule has 0 atom stereocenters. The van der Waals surface area contributed by atoms with E-state index in [4.69, 9.17) is 9.97 Å². The molecule has 9 rings (SSSR count). The van der Waals surface area contributed by atoms with E-state index in [1.54, 1.807) is 0 Å². The molecule has 52 heavy (non-hydrogen) atoms. The summed E-state index contributed by atoms with van der Waals surface area (Å²) in [4.78, 5) is 29.0. The molecule has 2 N–H and O–H groups in total. The van der Waals surface area contributed by atoms with Crippen LogP contribution in [0.2, 0.25) is 0 Å². The van der Waals surface area contributed by atoms with E-state index in [1.165, 1.54) is 39.0 Å². The van der Waals surface area contributed by atoms with Crippen molar-refractivity contribution in [2.24, 2.45) is 0 Å². The maximum Gasteiger partial charge on any atom is 0.0745 e. The zero-order valence-corrected chi connectivity index (χ0v) is 32.9. The van der Waals surface area contributed by atoms with Crippen LogP contribution in [0.4, 0.5) is 0 Å². The lowest BCUT2D eigenvalue weighted by Gasteiger charge is -2.04. The van der Waals surface area contributed by atoms with Crippen LogP contribution in [0.3, 0.4) is 0 Å².